The summed E-state index contributed by atoms with van der Waals surface area (Å²) in [6, 6.07) is 4.80. The number of ketones is 1. The van der Waals surface area contributed by atoms with Crippen LogP contribution >= 0.6 is 0 Å². The summed E-state index contributed by atoms with van der Waals surface area (Å²) in [7, 11) is 0. The quantitative estimate of drug-likeness (QED) is 0.778. The lowest BCUT2D eigenvalue weighted by Gasteiger charge is -2.37. The van der Waals surface area contributed by atoms with Gasteiger partial charge < -0.3 is 4.74 Å². The average Bonchev–Trinajstić information content (AvgIpc) is 2.71. The summed E-state index contributed by atoms with van der Waals surface area (Å²) in [5.74, 6) is -0.411. The van der Waals surface area contributed by atoms with E-state index in [1.165, 1.54) is 6.07 Å². The van der Waals surface area contributed by atoms with Crippen LogP contribution in [0.25, 0.3) is 0 Å². The van der Waals surface area contributed by atoms with Crippen molar-refractivity contribution in [2.75, 3.05) is 6.61 Å². The summed E-state index contributed by atoms with van der Waals surface area (Å²) in [5, 5.41) is 0. The van der Waals surface area contributed by atoms with Crippen molar-refractivity contribution in [2.24, 2.45) is 0 Å². The lowest BCUT2D eigenvalue weighted by atomic mass is 9.75. The van der Waals surface area contributed by atoms with Crippen molar-refractivity contribution in [3.63, 3.8) is 0 Å². The molecule has 0 N–H and O–H groups in total. The highest BCUT2D eigenvalue weighted by molar-refractivity contribution is 6.08. The molecule has 0 heterocycles. The van der Waals surface area contributed by atoms with Crippen LogP contribution < -0.4 is 0 Å². The highest BCUT2D eigenvalue weighted by Gasteiger charge is 2.55. The Morgan fingerprint density at radius 1 is 1.45 bits per heavy atom. The van der Waals surface area contributed by atoms with Crippen molar-refractivity contribution in [2.45, 2.75) is 44.1 Å². The number of Topliss-reactive ketones (excluding diaryl/α,β-unsaturated/α-hetero) is 1. The third-order valence-corrected chi connectivity index (χ3v) is 4.56. The number of fused-ring (bicyclic) bond motifs is 3. The molecule has 0 aliphatic heterocycles. The molecule has 1 aromatic carbocycles. The van der Waals surface area contributed by atoms with Crippen molar-refractivity contribution < 1.29 is 13.9 Å². The predicted molar refractivity (Wildman–Crippen MR) is 75.4 cm³/mol. The van der Waals surface area contributed by atoms with E-state index in [4.69, 9.17) is 4.74 Å². The van der Waals surface area contributed by atoms with E-state index in [-0.39, 0.29) is 17.5 Å². The topological polar surface area (TPSA) is 26.3 Å². The number of benzene rings is 1. The molecule has 2 atom stereocenters. The fraction of sp³-hybridized carbons (Fsp3) is 0.471. The second-order valence-corrected chi connectivity index (χ2v) is 5.60. The van der Waals surface area contributed by atoms with E-state index in [0.717, 1.165) is 19.3 Å². The fourth-order valence-corrected chi connectivity index (χ4v) is 3.64. The van der Waals surface area contributed by atoms with Gasteiger partial charge in [0.1, 0.15) is 11.4 Å². The molecular weight excluding hydrogens is 255 g/mol. The van der Waals surface area contributed by atoms with Crippen molar-refractivity contribution in [3.8, 4) is 0 Å². The summed E-state index contributed by atoms with van der Waals surface area (Å²) < 4.78 is 20.2. The third kappa shape index (κ3) is 1.84. The summed E-state index contributed by atoms with van der Waals surface area (Å²) in [6.45, 7) is 2.33. The highest BCUT2D eigenvalue weighted by Crippen LogP contribution is 2.52. The maximum Gasteiger partial charge on any atom is 0.195 e. The summed E-state index contributed by atoms with van der Waals surface area (Å²) in [4.78, 5) is 12.8. The lowest BCUT2D eigenvalue weighted by Crippen LogP contribution is -2.44. The van der Waals surface area contributed by atoms with Gasteiger partial charge in [0, 0.05) is 17.0 Å². The molecule has 2 nitrogen and oxygen atoms in total. The van der Waals surface area contributed by atoms with E-state index in [1.807, 2.05) is 19.1 Å². The molecule has 0 saturated heterocycles. The SMILES string of the molecule is C/C=C/CO[C@]12CCCC[C@@H]1c1c(F)cccc1C2=O. The van der Waals surface area contributed by atoms with Crippen LogP contribution in [0.2, 0.25) is 0 Å². The monoisotopic (exact) mass is 274 g/mol. The minimum atomic E-state index is -0.831. The van der Waals surface area contributed by atoms with Crippen LogP contribution in [0.15, 0.2) is 30.4 Å². The molecular formula is C17H19FO2. The molecule has 1 aromatic rings. The second-order valence-electron chi connectivity index (χ2n) is 5.60. The van der Waals surface area contributed by atoms with Crippen molar-refractivity contribution in [1.29, 1.82) is 0 Å². The Hall–Kier alpha value is -1.48. The Morgan fingerprint density at radius 3 is 3.10 bits per heavy atom. The highest BCUT2D eigenvalue weighted by atomic mass is 19.1. The maximum absolute atomic E-state index is 14.2. The van der Waals surface area contributed by atoms with Gasteiger partial charge >= 0.3 is 0 Å². The van der Waals surface area contributed by atoms with Gasteiger partial charge in [-0.3, -0.25) is 4.79 Å². The first-order valence-electron chi connectivity index (χ1n) is 7.29. The number of ether oxygens (including phenoxy) is 1. The van der Waals surface area contributed by atoms with Gasteiger partial charge in [-0.15, -0.1) is 0 Å². The smallest absolute Gasteiger partial charge is 0.195 e. The first-order chi connectivity index (χ1) is 9.70. The third-order valence-electron chi connectivity index (χ3n) is 4.56. The van der Waals surface area contributed by atoms with Gasteiger partial charge in [0.05, 0.1) is 6.61 Å². The molecule has 106 valence electrons. The van der Waals surface area contributed by atoms with E-state index in [0.29, 0.717) is 24.2 Å². The summed E-state index contributed by atoms with van der Waals surface area (Å²) in [6.07, 6.45) is 7.32. The molecule has 0 spiro atoms. The number of carbonyl (C=O) groups excluding carboxylic acids is 1. The molecule has 3 heteroatoms. The molecule has 0 radical (unpaired) electrons. The Labute approximate surface area is 118 Å². The van der Waals surface area contributed by atoms with Gasteiger partial charge in [0.2, 0.25) is 0 Å². The van der Waals surface area contributed by atoms with Crippen LogP contribution in [-0.2, 0) is 4.74 Å². The number of hydrogen-bond acceptors (Lipinski definition) is 2. The molecule has 0 amide bonds. The van der Waals surface area contributed by atoms with Crippen LogP contribution in [0.1, 0.15) is 54.4 Å². The van der Waals surface area contributed by atoms with Gasteiger partial charge in [-0.2, -0.15) is 0 Å². The molecule has 20 heavy (non-hydrogen) atoms. The van der Waals surface area contributed by atoms with Crippen LogP contribution in [0, 0.1) is 5.82 Å². The zero-order valence-electron chi connectivity index (χ0n) is 11.7. The number of allylic oxidation sites excluding steroid dienone is 1. The van der Waals surface area contributed by atoms with Crippen LogP contribution in [0.3, 0.4) is 0 Å². The second kappa shape index (κ2) is 5.13. The Bertz CT molecular complexity index is 564. The summed E-state index contributed by atoms with van der Waals surface area (Å²) >= 11 is 0. The number of carbonyl (C=O) groups is 1. The van der Waals surface area contributed by atoms with Crippen molar-refractivity contribution >= 4 is 5.78 Å². The van der Waals surface area contributed by atoms with Crippen LogP contribution in [-0.4, -0.2) is 18.0 Å². The fourth-order valence-electron chi connectivity index (χ4n) is 3.64. The van der Waals surface area contributed by atoms with Crippen molar-refractivity contribution in [3.05, 3.63) is 47.3 Å². The minimum absolute atomic E-state index is 0.0267. The zero-order valence-corrected chi connectivity index (χ0v) is 11.7. The van der Waals surface area contributed by atoms with Crippen molar-refractivity contribution in [1.82, 2.24) is 0 Å². The first kappa shape index (κ1) is 13.5. The maximum atomic E-state index is 14.2. The molecule has 2 aliphatic rings. The van der Waals surface area contributed by atoms with E-state index in [9.17, 15) is 9.18 Å². The number of hydrogen-bond donors (Lipinski definition) is 0. The largest absolute Gasteiger partial charge is 0.362 e. The molecule has 3 rings (SSSR count). The minimum Gasteiger partial charge on any atom is -0.362 e. The average molecular weight is 274 g/mol. The number of rotatable bonds is 3. The van der Waals surface area contributed by atoms with E-state index < -0.39 is 5.60 Å². The van der Waals surface area contributed by atoms with Gasteiger partial charge in [0.15, 0.2) is 5.78 Å². The molecule has 0 aromatic heterocycles. The molecule has 2 aliphatic carbocycles. The summed E-state index contributed by atoms with van der Waals surface area (Å²) in [5.41, 5.74) is 0.275. The Balaban J connectivity index is 2.04. The molecule has 0 unspecified atom stereocenters. The van der Waals surface area contributed by atoms with Crippen LogP contribution in [0.4, 0.5) is 4.39 Å². The first-order valence-corrected chi connectivity index (χ1v) is 7.29. The van der Waals surface area contributed by atoms with Gasteiger partial charge in [-0.1, -0.05) is 37.1 Å². The predicted octanol–water partition coefficient (Wildman–Crippen LogP) is 4.01. The molecule has 1 saturated carbocycles. The Kier molecular flexibility index (Phi) is 3.47. The van der Waals surface area contributed by atoms with Gasteiger partial charge in [-0.25, -0.2) is 4.39 Å². The normalized spacial score (nSPS) is 28.7. The Morgan fingerprint density at radius 2 is 2.30 bits per heavy atom. The lowest BCUT2D eigenvalue weighted by molar-refractivity contribution is -0.0428. The van der Waals surface area contributed by atoms with E-state index >= 15 is 0 Å². The molecule has 1 fully saturated rings. The van der Waals surface area contributed by atoms with E-state index in [2.05, 4.69) is 0 Å². The van der Waals surface area contributed by atoms with Gasteiger partial charge in [-0.05, 0) is 25.8 Å². The van der Waals surface area contributed by atoms with E-state index in [1.54, 1.807) is 12.1 Å². The van der Waals surface area contributed by atoms with Crippen LogP contribution in [0.5, 0.6) is 0 Å². The standard InChI is InChI=1S/C17H19FO2/c1-2-3-11-20-17-10-5-4-8-13(17)15-12(16(17)19)7-6-9-14(15)18/h2-3,6-7,9,13H,4-5,8,10-11H2,1H3/b3-2+/t13-,17-/m1/s1. The number of halogens is 1. The zero-order chi connectivity index (χ0) is 14.2. The molecule has 0 bridgehead atoms. The van der Waals surface area contributed by atoms with Gasteiger partial charge in [0.25, 0.3) is 0 Å².